The fourth-order valence-electron chi connectivity index (χ4n) is 4.33. The summed E-state index contributed by atoms with van der Waals surface area (Å²) in [7, 11) is 2.02. The lowest BCUT2D eigenvalue weighted by Gasteiger charge is -2.28. The van der Waals surface area contributed by atoms with Gasteiger partial charge in [-0.3, -0.25) is 4.79 Å². The maximum absolute atomic E-state index is 12.9. The second-order valence-corrected chi connectivity index (χ2v) is 8.96. The predicted molar refractivity (Wildman–Crippen MR) is 122 cm³/mol. The minimum Gasteiger partial charge on any atom is -0.346 e. The summed E-state index contributed by atoms with van der Waals surface area (Å²) in [6.45, 7) is 5.69. The van der Waals surface area contributed by atoms with E-state index in [0.717, 1.165) is 53.4 Å². The van der Waals surface area contributed by atoms with Crippen LogP contribution in [0.4, 0.5) is 0 Å². The van der Waals surface area contributed by atoms with E-state index in [9.17, 15) is 4.79 Å². The van der Waals surface area contributed by atoms with Gasteiger partial charge >= 0.3 is 0 Å². The molecule has 0 saturated heterocycles. The number of carbonyl (C=O) groups is 1. The largest absolute Gasteiger partial charge is 0.346 e. The Hall–Kier alpha value is -2.11. The molecule has 0 N–H and O–H groups in total. The van der Waals surface area contributed by atoms with E-state index >= 15 is 0 Å². The molecule has 0 unspecified atom stereocenters. The van der Waals surface area contributed by atoms with E-state index in [2.05, 4.69) is 28.4 Å². The van der Waals surface area contributed by atoms with Crippen LogP contribution in [0.25, 0.3) is 22.0 Å². The highest BCUT2D eigenvalue weighted by Crippen LogP contribution is 2.43. The molecule has 0 radical (unpaired) electrons. The average molecular weight is 445 g/mol. The Morgan fingerprint density at radius 3 is 2.70 bits per heavy atom. The van der Waals surface area contributed by atoms with Crippen LogP contribution in [0.15, 0.2) is 24.8 Å². The molecule has 5 nitrogen and oxygen atoms in total. The minimum absolute atomic E-state index is 0.225. The van der Waals surface area contributed by atoms with E-state index in [1.54, 1.807) is 12.4 Å². The van der Waals surface area contributed by atoms with E-state index in [1.807, 2.05) is 18.0 Å². The van der Waals surface area contributed by atoms with Crippen molar-refractivity contribution in [1.29, 1.82) is 0 Å². The fourth-order valence-corrected chi connectivity index (χ4v) is 4.80. The molecule has 158 valence electrons. The molecule has 7 heteroatoms. The van der Waals surface area contributed by atoms with Gasteiger partial charge in [0.2, 0.25) is 5.91 Å². The maximum Gasteiger partial charge on any atom is 0.222 e. The minimum atomic E-state index is 0.225. The smallest absolute Gasteiger partial charge is 0.222 e. The van der Waals surface area contributed by atoms with Gasteiger partial charge in [0.05, 0.1) is 15.6 Å². The first-order valence-corrected chi connectivity index (χ1v) is 11.2. The van der Waals surface area contributed by atoms with Gasteiger partial charge in [0.1, 0.15) is 6.33 Å². The number of aromatic nitrogens is 3. The van der Waals surface area contributed by atoms with Crippen LogP contribution in [-0.4, -0.2) is 31.9 Å². The molecule has 1 aliphatic rings. The Balaban J connectivity index is 1.79. The second-order valence-electron chi connectivity index (χ2n) is 8.17. The predicted octanol–water partition coefficient (Wildman–Crippen LogP) is 5.65. The molecule has 2 aromatic heterocycles. The number of carbonyl (C=O) groups excluding carboxylic acids is 1. The Morgan fingerprint density at radius 2 is 2.00 bits per heavy atom. The van der Waals surface area contributed by atoms with Crippen LogP contribution < -0.4 is 0 Å². The van der Waals surface area contributed by atoms with Gasteiger partial charge in [0, 0.05) is 67.6 Å². The van der Waals surface area contributed by atoms with Crippen LogP contribution in [0.5, 0.6) is 0 Å². The third kappa shape index (κ3) is 3.69. The standard InChI is InChI=1S/C23H26Cl2N4O/c1-4-14(2)5-6-20(30)29-8-7-19-17(12-29)21-16(15-10-26-13-27-11-15)9-18(24)22(25)23(21)28(19)3/h9-11,13-14H,4-8,12H2,1-3H3/t14-/m0/s1. The number of rotatable bonds is 5. The van der Waals surface area contributed by atoms with E-state index in [1.165, 1.54) is 12.0 Å². The van der Waals surface area contributed by atoms with E-state index < -0.39 is 0 Å². The molecule has 0 fully saturated rings. The highest BCUT2D eigenvalue weighted by atomic mass is 35.5. The zero-order valence-corrected chi connectivity index (χ0v) is 19.1. The summed E-state index contributed by atoms with van der Waals surface area (Å²) in [5.74, 6) is 0.792. The lowest BCUT2D eigenvalue weighted by atomic mass is 9.97. The van der Waals surface area contributed by atoms with Gasteiger partial charge < -0.3 is 9.47 Å². The third-order valence-corrected chi connectivity index (χ3v) is 7.10. The van der Waals surface area contributed by atoms with Crippen LogP contribution in [0.1, 0.15) is 44.4 Å². The number of fused-ring (bicyclic) bond motifs is 3. The monoisotopic (exact) mass is 444 g/mol. The van der Waals surface area contributed by atoms with Crippen LogP contribution in [-0.2, 0) is 24.8 Å². The third-order valence-electron chi connectivity index (χ3n) is 6.32. The molecule has 1 aromatic carbocycles. The molecular weight excluding hydrogens is 419 g/mol. The van der Waals surface area contributed by atoms with Gasteiger partial charge in [-0.25, -0.2) is 9.97 Å². The lowest BCUT2D eigenvalue weighted by Crippen LogP contribution is -2.36. The molecule has 1 amide bonds. The van der Waals surface area contributed by atoms with Crippen molar-refractivity contribution in [3.8, 4) is 11.1 Å². The zero-order chi connectivity index (χ0) is 21.4. The molecule has 30 heavy (non-hydrogen) atoms. The van der Waals surface area contributed by atoms with Crippen LogP contribution in [0, 0.1) is 5.92 Å². The van der Waals surface area contributed by atoms with Gasteiger partial charge in [0.25, 0.3) is 0 Å². The summed E-state index contributed by atoms with van der Waals surface area (Å²) < 4.78 is 2.13. The molecule has 3 aromatic rings. The number of hydrogen-bond donors (Lipinski definition) is 0. The Labute approximate surface area is 187 Å². The van der Waals surface area contributed by atoms with Gasteiger partial charge in [-0.05, 0) is 24.0 Å². The maximum atomic E-state index is 12.9. The summed E-state index contributed by atoms with van der Waals surface area (Å²) in [6, 6.07) is 1.88. The van der Waals surface area contributed by atoms with Crippen molar-refractivity contribution >= 4 is 40.0 Å². The molecule has 1 aliphatic heterocycles. The van der Waals surface area contributed by atoms with Crippen LogP contribution in [0.2, 0.25) is 10.0 Å². The van der Waals surface area contributed by atoms with E-state index in [0.29, 0.717) is 28.9 Å². The lowest BCUT2D eigenvalue weighted by molar-refractivity contribution is -0.132. The number of amides is 1. The molecule has 0 saturated carbocycles. The Morgan fingerprint density at radius 1 is 1.27 bits per heavy atom. The van der Waals surface area contributed by atoms with Crippen LogP contribution in [0.3, 0.4) is 0 Å². The second kappa shape index (κ2) is 8.56. The molecule has 0 spiro atoms. The summed E-state index contributed by atoms with van der Waals surface area (Å²) in [6.07, 6.45) is 8.50. The molecule has 0 bridgehead atoms. The van der Waals surface area contributed by atoms with Crippen molar-refractivity contribution in [1.82, 2.24) is 19.4 Å². The van der Waals surface area contributed by atoms with Crippen LogP contribution >= 0.6 is 23.2 Å². The average Bonchev–Trinajstić information content (AvgIpc) is 3.07. The summed E-state index contributed by atoms with van der Waals surface area (Å²) >= 11 is 13.1. The van der Waals surface area contributed by atoms with Crippen molar-refractivity contribution in [3.05, 3.63) is 46.1 Å². The number of nitrogens with zero attached hydrogens (tertiary/aromatic N) is 4. The van der Waals surface area contributed by atoms with Crippen molar-refractivity contribution in [3.63, 3.8) is 0 Å². The molecular formula is C23H26Cl2N4O. The van der Waals surface area contributed by atoms with Gasteiger partial charge in [0.15, 0.2) is 0 Å². The first-order valence-electron chi connectivity index (χ1n) is 10.4. The molecule has 0 aliphatic carbocycles. The van der Waals surface area contributed by atoms with Gasteiger partial charge in [-0.2, -0.15) is 0 Å². The quantitative estimate of drug-likeness (QED) is 0.510. The van der Waals surface area contributed by atoms with Crippen molar-refractivity contribution in [2.75, 3.05) is 6.54 Å². The first kappa shape index (κ1) is 21.1. The topological polar surface area (TPSA) is 51.0 Å². The Kier molecular flexibility index (Phi) is 6.03. The van der Waals surface area contributed by atoms with E-state index in [4.69, 9.17) is 23.2 Å². The molecule has 3 heterocycles. The van der Waals surface area contributed by atoms with Gasteiger partial charge in [-0.1, -0.05) is 43.5 Å². The normalized spacial score (nSPS) is 14.8. The number of halogens is 2. The number of aryl methyl sites for hydroxylation is 1. The van der Waals surface area contributed by atoms with Crippen molar-refractivity contribution < 1.29 is 4.79 Å². The molecule has 1 atom stereocenters. The number of hydrogen-bond acceptors (Lipinski definition) is 3. The highest BCUT2D eigenvalue weighted by molar-refractivity contribution is 6.45. The number of benzene rings is 1. The zero-order valence-electron chi connectivity index (χ0n) is 17.6. The van der Waals surface area contributed by atoms with E-state index in [-0.39, 0.29) is 5.91 Å². The first-order chi connectivity index (χ1) is 14.4. The van der Waals surface area contributed by atoms with Crippen molar-refractivity contribution in [2.45, 2.75) is 46.1 Å². The summed E-state index contributed by atoms with van der Waals surface area (Å²) in [5, 5.41) is 2.08. The summed E-state index contributed by atoms with van der Waals surface area (Å²) in [5.41, 5.74) is 5.09. The Bertz CT molecular complexity index is 1090. The van der Waals surface area contributed by atoms with Gasteiger partial charge in [-0.15, -0.1) is 0 Å². The highest BCUT2D eigenvalue weighted by Gasteiger charge is 2.29. The summed E-state index contributed by atoms with van der Waals surface area (Å²) in [4.78, 5) is 23.2. The molecule has 4 rings (SSSR count). The van der Waals surface area contributed by atoms with Crippen molar-refractivity contribution in [2.24, 2.45) is 13.0 Å². The fraction of sp³-hybridized carbons (Fsp3) is 0.435. The SMILES string of the molecule is CC[C@H](C)CCC(=O)N1CCc2c(c3c(-c4cncnc4)cc(Cl)c(Cl)c3n2C)C1.